The summed E-state index contributed by atoms with van der Waals surface area (Å²) in [5.74, 6) is 2.62. The fourth-order valence-corrected chi connectivity index (χ4v) is 4.84. The molecule has 0 aliphatic carbocycles. The Balaban J connectivity index is 1.49. The number of benzene rings is 2. The summed E-state index contributed by atoms with van der Waals surface area (Å²) >= 11 is 2.85. The van der Waals surface area contributed by atoms with Crippen molar-refractivity contribution in [2.45, 2.75) is 64.3 Å². The second kappa shape index (κ2) is 13.5. The van der Waals surface area contributed by atoms with Crippen molar-refractivity contribution in [3.63, 3.8) is 0 Å². The highest BCUT2D eigenvalue weighted by Crippen LogP contribution is 2.24. The zero-order chi connectivity index (χ0) is 20.2. The van der Waals surface area contributed by atoms with E-state index in [0.29, 0.717) is 0 Å². The van der Waals surface area contributed by atoms with E-state index in [1.165, 1.54) is 10.8 Å². The molecule has 2 aromatic carbocycles. The Morgan fingerprint density at radius 1 is 0.929 bits per heavy atom. The molecule has 2 unspecified atom stereocenters. The van der Waals surface area contributed by atoms with Crippen molar-refractivity contribution in [3.8, 4) is 5.75 Å². The fraction of sp³-hybridized carbons (Fsp3) is 0.565. The number of halogens is 1. The number of rotatable bonds is 14. The number of fused-ring (bicyclic) bond motifs is 1. The van der Waals surface area contributed by atoms with Crippen LogP contribution >= 0.6 is 15.9 Å². The summed E-state index contributed by atoms with van der Waals surface area (Å²) in [4.78, 5) is 0. The first-order valence-electron chi connectivity index (χ1n) is 10.5. The Morgan fingerprint density at radius 2 is 1.57 bits per heavy atom. The maximum atomic E-state index is 12.0. The quantitative estimate of drug-likeness (QED) is 0.265. The normalized spacial score (nSPS) is 13.6. The topological polar surface area (TPSA) is 58.3 Å². The number of unbranched alkanes of at least 4 members (excludes halogenated alkanes) is 5. The van der Waals surface area contributed by atoms with Crippen LogP contribution in [0.4, 0.5) is 0 Å². The molecule has 2 N–H and O–H groups in total. The number of hydrogen-bond acceptors (Lipinski definition) is 3. The van der Waals surface area contributed by atoms with Crippen LogP contribution in [0.5, 0.6) is 5.75 Å². The van der Waals surface area contributed by atoms with Crippen LogP contribution in [0.3, 0.4) is 0 Å². The lowest BCUT2D eigenvalue weighted by Gasteiger charge is -2.11. The first-order chi connectivity index (χ1) is 13.5. The Labute approximate surface area is 181 Å². The van der Waals surface area contributed by atoms with Gasteiger partial charge in [0.15, 0.2) is 0 Å². The van der Waals surface area contributed by atoms with Crippen molar-refractivity contribution >= 4 is 37.9 Å². The minimum absolute atomic E-state index is 0.290. The average Bonchev–Trinajstić information content (AvgIpc) is 2.66. The summed E-state index contributed by atoms with van der Waals surface area (Å²) in [6.07, 6.45) is 8.80. The van der Waals surface area contributed by atoms with E-state index in [-0.39, 0.29) is 6.04 Å². The Hall–Kier alpha value is -0.750. The van der Waals surface area contributed by atoms with Gasteiger partial charge in [-0.3, -0.25) is 0 Å². The molecule has 0 spiro atoms. The molecular weight excluding hydrogens is 434 g/mol. The van der Waals surface area contributed by atoms with Crippen LogP contribution < -0.4 is 10.5 Å². The van der Waals surface area contributed by atoms with Crippen LogP contribution in [-0.2, 0) is 11.2 Å². The Morgan fingerprint density at radius 3 is 2.32 bits per heavy atom. The van der Waals surface area contributed by atoms with Crippen LogP contribution in [0.15, 0.2) is 40.9 Å². The van der Waals surface area contributed by atoms with Crippen molar-refractivity contribution < 1.29 is 9.29 Å². The summed E-state index contributed by atoms with van der Waals surface area (Å²) in [7, 11) is 0. The minimum Gasteiger partial charge on any atom is -0.616 e. The number of ether oxygens (including phenoxy) is 1. The third kappa shape index (κ3) is 9.64. The van der Waals surface area contributed by atoms with Crippen LogP contribution in [0.2, 0.25) is 0 Å². The van der Waals surface area contributed by atoms with Crippen LogP contribution in [0.25, 0.3) is 10.8 Å². The smallest absolute Gasteiger partial charge is 0.119 e. The molecule has 5 heteroatoms. The molecular formula is C23H34BrNO2S. The van der Waals surface area contributed by atoms with E-state index in [9.17, 15) is 4.55 Å². The largest absolute Gasteiger partial charge is 0.616 e. The number of hydrogen-bond donors (Lipinski definition) is 1. The zero-order valence-electron chi connectivity index (χ0n) is 17.0. The number of nitrogens with two attached hydrogens (primary N) is 1. The Bertz CT molecular complexity index is 695. The van der Waals surface area contributed by atoms with Crippen molar-refractivity contribution in [1.29, 1.82) is 0 Å². The lowest BCUT2D eigenvalue weighted by molar-refractivity contribution is 0.305. The second-order valence-corrected chi connectivity index (χ2v) is 10.2. The molecule has 0 fully saturated rings. The molecule has 0 aromatic heterocycles. The first-order valence-corrected chi connectivity index (χ1v) is 12.8. The van der Waals surface area contributed by atoms with Gasteiger partial charge in [-0.25, -0.2) is 0 Å². The average molecular weight is 469 g/mol. The van der Waals surface area contributed by atoms with Gasteiger partial charge >= 0.3 is 0 Å². The fourth-order valence-electron chi connectivity index (χ4n) is 3.20. The Kier molecular flexibility index (Phi) is 11.3. The van der Waals surface area contributed by atoms with Crippen molar-refractivity contribution in [2.24, 2.45) is 5.73 Å². The minimum atomic E-state index is -0.652. The van der Waals surface area contributed by atoms with E-state index >= 15 is 0 Å². The molecule has 28 heavy (non-hydrogen) atoms. The van der Waals surface area contributed by atoms with Gasteiger partial charge in [0, 0.05) is 10.5 Å². The van der Waals surface area contributed by atoms with Gasteiger partial charge in [0.05, 0.1) is 6.61 Å². The SMILES string of the molecule is CC(N)CCCCC[S+]([O-])CCCCCCOc1ccc2cc(Br)ccc2c1. The molecule has 2 rings (SSSR count). The van der Waals surface area contributed by atoms with E-state index in [4.69, 9.17) is 10.5 Å². The van der Waals surface area contributed by atoms with Gasteiger partial charge in [0.25, 0.3) is 0 Å². The van der Waals surface area contributed by atoms with Crippen molar-refractivity contribution in [1.82, 2.24) is 0 Å². The summed E-state index contributed by atoms with van der Waals surface area (Å²) < 4.78 is 19.0. The molecule has 0 aliphatic rings. The first kappa shape index (κ1) is 23.5. The standard InChI is InChI=1S/C23H34BrNO2S/c1-19(25)9-5-4-8-16-28(26)15-7-3-2-6-14-27-23-13-11-20-17-22(24)12-10-21(20)18-23/h10-13,17-19H,2-9,14-16,25H2,1H3. The third-order valence-corrected chi connectivity index (χ3v) is 6.82. The predicted molar refractivity (Wildman–Crippen MR) is 126 cm³/mol. The summed E-state index contributed by atoms with van der Waals surface area (Å²) in [5.41, 5.74) is 5.74. The maximum absolute atomic E-state index is 12.0. The second-order valence-electron chi connectivity index (χ2n) is 7.59. The van der Waals surface area contributed by atoms with E-state index < -0.39 is 11.2 Å². The van der Waals surface area contributed by atoms with Crippen LogP contribution in [0.1, 0.15) is 58.3 Å². The summed E-state index contributed by atoms with van der Waals surface area (Å²) in [5, 5.41) is 2.41. The maximum Gasteiger partial charge on any atom is 0.119 e. The van der Waals surface area contributed by atoms with Gasteiger partial charge in [0.1, 0.15) is 17.3 Å². The monoisotopic (exact) mass is 467 g/mol. The van der Waals surface area contributed by atoms with Gasteiger partial charge in [-0.2, -0.15) is 0 Å². The molecule has 0 amide bonds. The highest BCUT2D eigenvalue weighted by molar-refractivity contribution is 9.10. The molecule has 2 aromatic rings. The van der Waals surface area contributed by atoms with Gasteiger partial charge in [-0.05, 0) is 86.9 Å². The van der Waals surface area contributed by atoms with Crippen LogP contribution in [0, 0.1) is 0 Å². The van der Waals surface area contributed by atoms with Crippen molar-refractivity contribution in [2.75, 3.05) is 18.1 Å². The highest BCUT2D eigenvalue weighted by atomic mass is 79.9. The molecule has 0 bridgehead atoms. The molecule has 0 saturated heterocycles. The van der Waals surface area contributed by atoms with E-state index in [2.05, 4.69) is 46.3 Å². The predicted octanol–water partition coefficient (Wildman–Crippen LogP) is 6.20. The lowest BCUT2D eigenvalue weighted by Crippen LogP contribution is -2.14. The summed E-state index contributed by atoms with van der Waals surface area (Å²) in [6.45, 7) is 2.79. The molecule has 0 saturated carbocycles. The van der Waals surface area contributed by atoms with Gasteiger partial charge < -0.3 is 15.0 Å². The zero-order valence-corrected chi connectivity index (χ0v) is 19.4. The van der Waals surface area contributed by atoms with Gasteiger partial charge in [-0.1, -0.05) is 45.7 Å². The van der Waals surface area contributed by atoms with Gasteiger partial charge in [-0.15, -0.1) is 0 Å². The van der Waals surface area contributed by atoms with Crippen molar-refractivity contribution in [3.05, 3.63) is 40.9 Å². The molecule has 0 aliphatic heterocycles. The molecule has 2 atom stereocenters. The molecule has 3 nitrogen and oxygen atoms in total. The van der Waals surface area contributed by atoms with Gasteiger partial charge in [0.2, 0.25) is 0 Å². The third-order valence-electron chi connectivity index (χ3n) is 4.84. The summed E-state index contributed by atoms with van der Waals surface area (Å²) in [6, 6.07) is 12.8. The molecule has 0 heterocycles. The van der Waals surface area contributed by atoms with E-state index in [1.54, 1.807) is 0 Å². The molecule has 156 valence electrons. The highest BCUT2D eigenvalue weighted by Gasteiger charge is 2.06. The van der Waals surface area contributed by atoms with E-state index in [0.717, 1.165) is 79.7 Å². The van der Waals surface area contributed by atoms with E-state index in [1.807, 2.05) is 13.0 Å². The van der Waals surface area contributed by atoms with Crippen LogP contribution in [-0.4, -0.2) is 28.7 Å². The lowest BCUT2D eigenvalue weighted by atomic mass is 10.1. The molecule has 0 radical (unpaired) electrons.